The van der Waals surface area contributed by atoms with Gasteiger partial charge in [-0.3, -0.25) is 4.90 Å². The first-order chi connectivity index (χ1) is 7.87. The molecule has 0 aromatic carbocycles. The van der Waals surface area contributed by atoms with E-state index in [0.717, 1.165) is 26.1 Å². The fraction of sp³-hybridized carbons (Fsp3) is 0.917. The lowest BCUT2D eigenvalue weighted by Gasteiger charge is -2.27. The molecule has 1 amide bonds. The highest BCUT2D eigenvalue weighted by atomic mass is 16.6. The topological polar surface area (TPSA) is 58.8 Å². The van der Waals surface area contributed by atoms with Crippen molar-refractivity contribution in [2.75, 3.05) is 26.3 Å². The van der Waals surface area contributed by atoms with Crippen molar-refractivity contribution in [3.05, 3.63) is 0 Å². The minimum Gasteiger partial charge on any atom is -0.444 e. The Labute approximate surface area is 104 Å². The minimum absolute atomic E-state index is 0.215. The molecular formula is C12H25N3O2. The van der Waals surface area contributed by atoms with Gasteiger partial charge in [-0.1, -0.05) is 6.92 Å². The number of carbonyl (C=O) groups is 1. The summed E-state index contributed by atoms with van der Waals surface area (Å²) in [5, 5.41) is 0. The molecule has 0 spiro atoms. The van der Waals surface area contributed by atoms with E-state index < -0.39 is 5.60 Å². The third kappa shape index (κ3) is 4.16. The third-order valence-corrected chi connectivity index (χ3v) is 2.97. The zero-order chi connectivity index (χ0) is 13.1. The molecule has 5 heteroatoms. The van der Waals surface area contributed by atoms with Gasteiger partial charge in [-0.15, -0.1) is 0 Å². The molecule has 1 saturated heterocycles. The Morgan fingerprint density at radius 1 is 1.53 bits per heavy atom. The number of likely N-dealkylation sites (N-methyl/N-ethyl adjacent to an activating group) is 1. The lowest BCUT2D eigenvalue weighted by Crippen LogP contribution is -2.42. The summed E-state index contributed by atoms with van der Waals surface area (Å²) in [5.74, 6) is 0. The van der Waals surface area contributed by atoms with E-state index in [9.17, 15) is 4.79 Å². The summed E-state index contributed by atoms with van der Waals surface area (Å²) in [6, 6.07) is 0.373. The molecule has 1 atom stereocenters. The first-order valence-corrected chi connectivity index (χ1v) is 6.29. The van der Waals surface area contributed by atoms with Crippen LogP contribution in [0.4, 0.5) is 4.79 Å². The van der Waals surface area contributed by atoms with Crippen molar-refractivity contribution in [1.29, 1.82) is 0 Å². The van der Waals surface area contributed by atoms with Crippen LogP contribution in [0.3, 0.4) is 0 Å². The van der Waals surface area contributed by atoms with E-state index in [1.165, 1.54) is 0 Å². The number of hydrogen-bond acceptors (Lipinski definition) is 4. The number of nitrogens with zero attached hydrogens (tertiary/aromatic N) is 2. The average Bonchev–Trinajstić information content (AvgIpc) is 2.66. The van der Waals surface area contributed by atoms with E-state index >= 15 is 0 Å². The van der Waals surface area contributed by atoms with Crippen LogP contribution < -0.4 is 5.73 Å². The lowest BCUT2D eigenvalue weighted by molar-refractivity contribution is 0.0280. The molecule has 1 heterocycles. The Morgan fingerprint density at radius 2 is 2.18 bits per heavy atom. The number of amides is 1. The van der Waals surface area contributed by atoms with Gasteiger partial charge in [-0.05, 0) is 33.7 Å². The highest BCUT2D eigenvalue weighted by Crippen LogP contribution is 2.18. The normalized spacial score (nSPS) is 21.1. The number of hydrogen-bond donors (Lipinski definition) is 1. The molecule has 0 bridgehead atoms. The first kappa shape index (κ1) is 14.3. The van der Waals surface area contributed by atoms with Crippen molar-refractivity contribution < 1.29 is 9.53 Å². The predicted octanol–water partition coefficient (Wildman–Crippen LogP) is 1.23. The maximum absolute atomic E-state index is 11.9. The van der Waals surface area contributed by atoms with E-state index in [2.05, 4.69) is 11.8 Å². The molecule has 0 aromatic heterocycles. The van der Waals surface area contributed by atoms with Crippen molar-refractivity contribution in [3.63, 3.8) is 0 Å². The number of carbonyl (C=O) groups excluding carboxylic acids is 1. The second kappa shape index (κ2) is 5.69. The molecule has 5 nitrogen and oxygen atoms in total. The number of ether oxygens (including phenoxy) is 1. The second-order valence-corrected chi connectivity index (χ2v) is 5.46. The number of rotatable bonds is 3. The predicted molar refractivity (Wildman–Crippen MR) is 67.6 cm³/mol. The molecule has 1 unspecified atom stereocenters. The molecule has 1 aliphatic rings. The van der Waals surface area contributed by atoms with Crippen LogP contribution in [0.2, 0.25) is 0 Å². The van der Waals surface area contributed by atoms with Crippen molar-refractivity contribution in [1.82, 2.24) is 9.80 Å². The molecule has 0 radical (unpaired) electrons. The van der Waals surface area contributed by atoms with Crippen molar-refractivity contribution in [2.45, 2.75) is 45.8 Å². The Kier molecular flexibility index (Phi) is 4.77. The van der Waals surface area contributed by atoms with Crippen LogP contribution in [0.5, 0.6) is 0 Å². The highest BCUT2D eigenvalue weighted by molar-refractivity contribution is 5.68. The molecule has 1 aliphatic heterocycles. The van der Waals surface area contributed by atoms with Crippen LogP contribution in [0, 0.1) is 0 Å². The van der Waals surface area contributed by atoms with Gasteiger partial charge < -0.3 is 15.4 Å². The molecule has 100 valence electrons. The van der Waals surface area contributed by atoms with Crippen molar-refractivity contribution in [2.24, 2.45) is 5.73 Å². The second-order valence-electron chi connectivity index (χ2n) is 5.46. The van der Waals surface area contributed by atoms with Gasteiger partial charge in [0.05, 0.1) is 0 Å². The minimum atomic E-state index is -0.423. The molecule has 17 heavy (non-hydrogen) atoms. The van der Waals surface area contributed by atoms with Crippen molar-refractivity contribution in [3.8, 4) is 0 Å². The van der Waals surface area contributed by atoms with Crippen LogP contribution >= 0.6 is 0 Å². The van der Waals surface area contributed by atoms with Gasteiger partial charge in [-0.25, -0.2) is 4.79 Å². The maximum atomic E-state index is 11.9. The van der Waals surface area contributed by atoms with Crippen LogP contribution in [0.1, 0.15) is 34.1 Å². The summed E-state index contributed by atoms with van der Waals surface area (Å²) < 4.78 is 5.35. The fourth-order valence-corrected chi connectivity index (χ4v) is 2.07. The van der Waals surface area contributed by atoms with Crippen LogP contribution in [0.15, 0.2) is 0 Å². The summed E-state index contributed by atoms with van der Waals surface area (Å²) in [7, 11) is 0. The van der Waals surface area contributed by atoms with Gasteiger partial charge in [0, 0.05) is 25.8 Å². The molecule has 2 N–H and O–H groups in total. The Hall–Kier alpha value is -0.810. The molecular weight excluding hydrogens is 218 g/mol. The van der Waals surface area contributed by atoms with E-state index in [1.807, 2.05) is 20.8 Å². The van der Waals surface area contributed by atoms with Crippen LogP contribution in [0.25, 0.3) is 0 Å². The smallest absolute Gasteiger partial charge is 0.410 e. The maximum Gasteiger partial charge on any atom is 0.410 e. The average molecular weight is 243 g/mol. The van der Waals surface area contributed by atoms with E-state index in [4.69, 9.17) is 10.5 Å². The summed E-state index contributed by atoms with van der Waals surface area (Å²) in [4.78, 5) is 15.8. The van der Waals surface area contributed by atoms with Crippen LogP contribution in [-0.2, 0) is 4.74 Å². The van der Waals surface area contributed by atoms with Gasteiger partial charge in [0.15, 0.2) is 0 Å². The monoisotopic (exact) mass is 243 g/mol. The molecule has 1 rings (SSSR count). The van der Waals surface area contributed by atoms with E-state index in [-0.39, 0.29) is 6.09 Å². The SMILES string of the molecule is CCN(CN)C1CCN(C(=O)OC(C)(C)C)C1. The van der Waals surface area contributed by atoms with E-state index in [1.54, 1.807) is 4.90 Å². The van der Waals surface area contributed by atoms with Gasteiger partial charge >= 0.3 is 6.09 Å². The molecule has 1 fully saturated rings. The largest absolute Gasteiger partial charge is 0.444 e. The fourth-order valence-electron chi connectivity index (χ4n) is 2.07. The first-order valence-electron chi connectivity index (χ1n) is 6.29. The summed E-state index contributed by atoms with van der Waals surface area (Å²) in [6.07, 6.45) is 0.762. The highest BCUT2D eigenvalue weighted by Gasteiger charge is 2.31. The van der Waals surface area contributed by atoms with Gasteiger partial charge in [0.1, 0.15) is 5.60 Å². The quantitative estimate of drug-likeness (QED) is 0.758. The Balaban J connectivity index is 2.47. The zero-order valence-electron chi connectivity index (χ0n) is 11.4. The van der Waals surface area contributed by atoms with Gasteiger partial charge in [0.2, 0.25) is 0 Å². The van der Waals surface area contributed by atoms with Gasteiger partial charge in [0.25, 0.3) is 0 Å². The molecule has 0 aliphatic carbocycles. The van der Waals surface area contributed by atoms with E-state index in [0.29, 0.717) is 12.7 Å². The third-order valence-electron chi connectivity index (χ3n) is 2.97. The number of likely N-dealkylation sites (tertiary alicyclic amines) is 1. The standard InChI is InChI=1S/C12H25N3O2/c1-5-14(9-13)10-6-7-15(8-10)11(16)17-12(2,3)4/h10H,5-9,13H2,1-4H3. The lowest BCUT2D eigenvalue weighted by atomic mass is 10.2. The Bertz CT molecular complexity index is 259. The van der Waals surface area contributed by atoms with Crippen molar-refractivity contribution >= 4 is 6.09 Å². The zero-order valence-corrected chi connectivity index (χ0v) is 11.4. The summed E-state index contributed by atoms with van der Waals surface area (Å²) >= 11 is 0. The Morgan fingerprint density at radius 3 is 2.65 bits per heavy atom. The summed E-state index contributed by atoms with van der Waals surface area (Å²) in [6.45, 7) is 10.7. The summed E-state index contributed by atoms with van der Waals surface area (Å²) in [5.41, 5.74) is 5.25. The van der Waals surface area contributed by atoms with Gasteiger partial charge in [-0.2, -0.15) is 0 Å². The number of nitrogens with two attached hydrogens (primary N) is 1. The molecule has 0 aromatic rings. The van der Waals surface area contributed by atoms with Crippen LogP contribution in [-0.4, -0.2) is 53.8 Å². The molecule has 0 saturated carbocycles.